The molecule has 4 heteroatoms. The second-order valence-electron chi connectivity index (χ2n) is 3.96. The van der Waals surface area contributed by atoms with Crippen LogP contribution < -0.4 is 0 Å². The Bertz CT molecular complexity index is 688. The zero-order chi connectivity index (χ0) is 11.8. The van der Waals surface area contributed by atoms with Crippen molar-refractivity contribution in [3.05, 3.63) is 47.3 Å². The average molecular weight is 288 g/mol. The molecule has 0 atom stereocenters. The van der Waals surface area contributed by atoms with Crippen molar-refractivity contribution in [1.82, 2.24) is 14.8 Å². The first-order valence-electron chi connectivity index (χ1n) is 5.27. The molecule has 0 radical (unpaired) electrons. The summed E-state index contributed by atoms with van der Waals surface area (Å²) in [6.07, 6.45) is 5.72. The molecular weight excluding hydrogens is 278 g/mol. The van der Waals surface area contributed by atoms with Crippen molar-refractivity contribution in [3.63, 3.8) is 0 Å². The minimum Gasteiger partial charge on any atom is -0.275 e. The average Bonchev–Trinajstić information content (AvgIpc) is 2.75. The lowest BCUT2D eigenvalue weighted by molar-refractivity contribution is 0.768. The van der Waals surface area contributed by atoms with Gasteiger partial charge >= 0.3 is 0 Å². The molecule has 3 rings (SSSR count). The fourth-order valence-corrected chi connectivity index (χ4v) is 2.21. The number of hydrogen-bond acceptors (Lipinski definition) is 2. The summed E-state index contributed by atoms with van der Waals surface area (Å²) in [6.45, 7) is 0. The van der Waals surface area contributed by atoms with Crippen molar-refractivity contribution in [1.29, 1.82) is 0 Å². The lowest BCUT2D eigenvalue weighted by atomic mass is 10.1. The van der Waals surface area contributed by atoms with Crippen LogP contribution in [0.2, 0.25) is 0 Å². The van der Waals surface area contributed by atoms with Crippen LogP contribution in [-0.4, -0.2) is 14.8 Å². The van der Waals surface area contributed by atoms with E-state index in [0.717, 1.165) is 26.5 Å². The Morgan fingerprint density at radius 1 is 1.12 bits per heavy atom. The van der Waals surface area contributed by atoms with Crippen molar-refractivity contribution < 1.29 is 0 Å². The lowest BCUT2D eigenvalue weighted by Gasteiger charge is -2.01. The second kappa shape index (κ2) is 3.96. The molecule has 0 amide bonds. The summed E-state index contributed by atoms with van der Waals surface area (Å²) in [5.74, 6) is 0. The maximum Gasteiger partial charge on any atom is 0.0703 e. The van der Waals surface area contributed by atoms with Gasteiger partial charge in [0.05, 0.1) is 11.7 Å². The molecule has 0 saturated heterocycles. The lowest BCUT2D eigenvalue weighted by Crippen LogP contribution is -1.84. The Balaban J connectivity index is 2.18. The summed E-state index contributed by atoms with van der Waals surface area (Å²) in [5, 5.41) is 5.30. The number of aryl methyl sites for hydroxylation is 1. The number of aromatic nitrogens is 3. The van der Waals surface area contributed by atoms with Crippen LogP contribution in [0.4, 0.5) is 0 Å². The van der Waals surface area contributed by atoms with E-state index in [1.807, 2.05) is 37.8 Å². The van der Waals surface area contributed by atoms with Gasteiger partial charge in [0.1, 0.15) is 0 Å². The van der Waals surface area contributed by atoms with Crippen LogP contribution >= 0.6 is 15.9 Å². The van der Waals surface area contributed by atoms with E-state index in [1.54, 1.807) is 4.68 Å². The molecule has 1 aromatic carbocycles. The maximum absolute atomic E-state index is 4.45. The van der Waals surface area contributed by atoms with Gasteiger partial charge in [0.15, 0.2) is 0 Å². The van der Waals surface area contributed by atoms with Crippen molar-refractivity contribution >= 4 is 26.8 Å². The molecule has 0 saturated carbocycles. The number of fused-ring (bicyclic) bond motifs is 1. The van der Waals surface area contributed by atoms with Gasteiger partial charge in [-0.2, -0.15) is 5.10 Å². The van der Waals surface area contributed by atoms with Crippen LogP contribution in [0.1, 0.15) is 0 Å². The van der Waals surface area contributed by atoms with Crippen LogP contribution in [0, 0.1) is 0 Å². The molecule has 0 unspecified atom stereocenters. The van der Waals surface area contributed by atoms with E-state index in [2.05, 4.69) is 38.1 Å². The van der Waals surface area contributed by atoms with E-state index in [4.69, 9.17) is 0 Å². The molecule has 0 aliphatic heterocycles. The Morgan fingerprint density at radius 2 is 2.00 bits per heavy atom. The van der Waals surface area contributed by atoms with Crippen molar-refractivity contribution in [2.24, 2.45) is 7.05 Å². The number of benzene rings is 1. The number of nitrogens with zero attached hydrogens (tertiary/aromatic N) is 3. The molecule has 0 bridgehead atoms. The smallest absolute Gasteiger partial charge is 0.0703 e. The standard InChI is InChI=1S/C13H10BrN3/c1-17-8-11(7-16-17)10-4-9-5-12(14)2-3-13(9)15-6-10/h2-8H,1H3. The minimum atomic E-state index is 1.00. The summed E-state index contributed by atoms with van der Waals surface area (Å²) < 4.78 is 2.86. The van der Waals surface area contributed by atoms with E-state index in [1.165, 1.54) is 0 Å². The van der Waals surface area contributed by atoms with Gasteiger partial charge in [-0.05, 0) is 24.3 Å². The van der Waals surface area contributed by atoms with Gasteiger partial charge in [0.2, 0.25) is 0 Å². The zero-order valence-electron chi connectivity index (χ0n) is 9.26. The molecular formula is C13H10BrN3. The van der Waals surface area contributed by atoms with Crippen LogP contribution in [0.25, 0.3) is 22.0 Å². The molecule has 84 valence electrons. The van der Waals surface area contributed by atoms with E-state index in [0.29, 0.717) is 0 Å². The predicted molar refractivity (Wildman–Crippen MR) is 71.6 cm³/mol. The van der Waals surface area contributed by atoms with Gasteiger partial charge in [-0.15, -0.1) is 0 Å². The molecule has 0 fully saturated rings. The van der Waals surface area contributed by atoms with E-state index in [9.17, 15) is 0 Å². The third-order valence-electron chi connectivity index (χ3n) is 2.68. The van der Waals surface area contributed by atoms with Crippen LogP contribution in [0.3, 0.4) is 0 Å². The van der Waals surface area contributed by atoms with Crippen molar-refractivity contribution in [2.45, 2.75) is 0 Å². The fraction of sp³-hybridized carbons (Fsp3) is 0.0769. The summed E-state index contributed by atoms with van der Waals surface area (Å²) in [5.41, 5.74) is 3.17. The minimum absolute atomic E-state index is 1.00. The first-order valence-corrected chi connectivity index (χ1v) is 6.06. The van der Waals surface area contributed by atoms with Gasteiger partial charge in [-0.1, -0.05) is 15.9 Å². The van der Waals surface area contributed by atoms with Crippen molar-refractivity contribution in [3.8, 4) is 11.1 Å². The Kier molecular flexibility index (Phi) is 2.44. The molecule has 0 aliphatic rings. The highest BCUT2D eigenvalue weighted by atomic mass is 79.9. The molecule has 0 aliphatic carbocycles. The maximum atomic E-state index is 4.45. The molecule has 2 heterocycles. The second-order valence-corrected chi connectivity index (χ2v) is 4.88. The summed E-state index contributed by atoms with van der Waals surface area (Å²) >= 11 is 3.47. The van der Waals surface area contributed by atoms with Crippen LogP contribution in [-0.2, 0) is 7.05 Å². The molecule has 17 heavy (non-hydrogen) atoms. The van der Waals surface area contributed by atoms with E-state index < -0.39 is 0 Å². The van der Waals surface area contributed by atoms with Gasteiger partial charge in [0, 0.05) is 40.4 Å². The SMILES string of the molecule is Cn1cc(-c2cnc3ccc(Br)cc3c2)cn1. The normalized spacial score (nSPS) is 10.9. The van der Waals surface area contributed by atoms with Gasteiger partial charge < -0.3 is 0 Å². The zero-order valence-corrected chi connectivity index (χ0v) is 10.8. The molecule has 2 aromatic heterocycles. The first-order chi connectivity index (χ1) is 8.22. The van der Waals surface area contributed by atoms with Gasteiger partial charge in [-0.3, -0.25) is 9.67 Å². The molecule has 3 aromatic rings. The van der Waals surface area contributed by atoms with Gasteiger partial charge in [-0.25, -0.2) is 0 Å². The predicted octanol–water partition coefficient (Wildman–Crippen LogP) is 3.40. The number of pyridine rings is 1. The third-order valence-corrected chi connectivity index (χ3v) is 3.17. The summed E-state index contributed by atoms with van der Waals surface area (Å²) in [6, 6.07) is 8.21. The van der Waals surface area contributed by atoms with Gasteiger partial charge in [0.25, 0.3) is 0 Å². The van der Waals surface area contributed by atoms with E-state index >= 15 is 0 Å². The quantitative estimate of drug-likeness (QED) is 0.687. The number of hydrogen-bond donors (Lipinski definition) is 0. The molecule has 3 nitrogen and oxygen atoms in total. The summed E-state index contributed by atoms with van der Waals surface area (Å²) in [4.78, 5) is 4.45. The highest BCUT2D eigenvalue weighted by Crippen LogP contribution is 2.24. The molecule has 0 N–H and O–H groups in total. The first kappa shape index (κ1) is 10.5. The van der Waals surface area contributed by atoms with E-state index in [-0.39, 0.29) is 0 Å². The molecule has 0 spiro atoms. The highest BCUT2D eigenvalue weighted by Gasteiger charge is 2.03. The monoisotopic (exact) mass is 287 g/mol. The third kappa shape index (κ3) is 1.96. The highest BCUT2D eigenvalue weighted by molar-refractivity contribution is 9.10. The Hall–Kier alpha value is -1.68. The fourth-order valence-electron chi connectivity index (χ4n) is 1.83. The van der Waals surface area contributed by atoms with Crippen LogP contribution in [0.5, 0.6) is 0 Å². The largest absolute Gasteiger partial charge is 0.275 e. The Labute approximate surface area is 107 Å². The Morgan fingerprint density at radius 3 is 2.76 bits per heavy atom. The van der Waals surface area contributed by atoms with Crippen molar-refractivity contribution in [2.75, 3.05) is 0 Å². The summed E-state index contributed by atoms with van der Waals surface area (Å²) in [7, 11) is 1.91. The van der Waals surface area contributed by atoms with Crippen LogP contribution in [0.15, 0.2) is 47.3 Å². The topological polar surface area (TPSA) is 30.7 Å². The number of rotatable bonds is 1. The number of halogens is 1.